The van der Waals surface area contributed by atoms with Gasteiger partial charge in [0.25, 0.3) is 5.56 Å². The number of aryl methyl sites for hydroxylation is 2. The molecule has 4 aromatic rings. The van der Waals surface area contributed by atoms with Crippen LogP contribution in [0.4, 0.5) is 5.69 Å². The third-order valence-corrected chi connectivity index (χ3v) is 8.42. The van der Waals surface area contributed by atoms with Gasteiger partial charge in [0, 0.05) is 21.7 Å². The van der Waals surface area contributed by atoms with Crippen LogP contribution in [0.1, 0.15) is 23.3 Å². The molecule has 1 N–H and O–H groups in total. The third kappa shape index (κ3) is 4.83. The van der Waals surface area contributed by atoms with Crippen LogP contribution in [0.5, 0.6) is 11.5 Å². The molecular formula is C26H24ClN3O4S2. The molecule has 5 rings (SSSR count). The number of ether oxygens (including phenoxy) is 2. The molecule has 0 atom stereocenters. The van der Waals surface area contributed by atoms with E-state index in [-0.39, 0.29) is 17.2 Å². The average Bonchev–Trinajstić information content (AvgIpc) is 3.27. The minimum absolute atomic E-state index is 0.0744. The highest BCUT2D eigenvalue weighted by Crippen LogP contribution is 2.35. The van der Waals surface area contributed by atoms with Gasteiger partial charge >= 0.3 is 0 Å². The highest BCUT2D eigenvalue weighted by atomic mass is 35.5. The molecule has 7 nitrogen and oxygen atoms in total. The number of nitrogens with one attached hydrogen (secondary N) is 1. The second-order valence-corrected chi connectivity index (χ2v) is 10.8. The van der Waals surface area contributed by atoms with Crippen molar-refractivity contribution in [3.63, 3.8) is 0 Å². The van der Waals surface area contributed by atoms with Gasteiger partial charge in [0.15, 0.2) is 16.7 Å². The molecule has 0 saturated carbocycles. The predicted molar refractivity (Wildman–Crippen MR) is 146 cm³/mol. The Balaban J connectivity index is 1.47. The second kappa shape index (κ2) is 10.5. The molecule has 1 amide bonds. The van der Waals surface area contributed by atoms with E-state index in [9.17, 15) is 9.59 Å². The van der Waals surface area contributed by atoms with Crippen molar-refractivity contribution < 1.29 is 14.3 Å². The molecule has 0 aliphatic heterocycles. The number of thiophene rings is 1. The van der Waals surface area contributed by atoms with Crippen molar-refractivity contribution in [3.8, 4) is 17.2 Å². The number of halogens is 1. The summed E-state index contributed by atoms with van der Waals surface area (Å²) in [5.74, 6) is 0.946. The monoisotopic (exact) mass is 541 g/mol. The van der Waals surface area contributed by atoms with Gasteiger partial charge in [0.1, 0.15) is 4.83 Å². The minimum atomic E-state index is -0.227. The number of hydrogen-bond donors (Lipinski definition) is 1. The highest BCUT2D eigenvalue weighted by molar-refractivity contribution is 7.99. The predicted octanol–water partition coefficient (Wildman–Crippen LogP) is 5.73. The van der Waals surface area contributed by atoms with E-state index in [1.807, 2.05) is 0 Å². The molecule has 36 heavy (non-hydrogen) atoms. The maximum Gasteiger partial charge on any atom is 0.267 e. The van der Waals surface area contributed by atoms with Crippen LogP contribution in [-0.4, -0.2) is 35.4 Å². The lowest BCUT2D eigenvalue weighted by Gasteiger charge is -2.14. The number of benzene rings is 2. The second-order valence-electron chi connectivity index (χ2n) is 8.31. The molecule has 0 bridgehead atoms. The van der Waals surface area contributed by atoms with Crippen LogP contribution in [0, 0.1) is 0 Å². The number of anilines is 1. The minimum Gasteiger partial charge on any atom is -0.493 e. The van der Waals surface area contributed by atoms with Crippen molar-refractivity contribution in [1.29, 1.82) is 0 Å². The first kappa shape index (κ1) is 24.7. The summed E-state index contributed by atoms with van der Waals surface area (Å²) >= 11 is 8.91. The molecule has 1 aliphatic carbocycles. The average molecular weight is 542 g/mol. The van der Waals surface area contributed by atoms with Gasteiger partial charge in [-0.25, -0.2) is 4.98 Å². The van der Waals surface area contributed by atoms with E-state index in [2.05, 4.69) is 5.32 Å². The van der Waals surface area contributed by atoms with Gasteiger partial charge in [-0.05, 0) is 67.6 Å². The fraction of sp³-hybridized carbons (Fsp3) is 0.269. The number of carbonyl (C=O) groups excluding carboxylic acids is 1. The summed E-state index contributed by atoms with van der Waals surface area (Å²) in [6, 6.07) is 12.3. The van der Waals surface area contributed by atoms with Crippen molar-refractivity contribution in [2.75, 3.05) is 25.3 Å². The Morgan fingerprint density at radius 2 is 1.86 bits per heavy atom. The van der Waals surface area contributed by atoms with E-state index in [1.165, 1.54) is 16.6 Å². The number of aromatic nitrogens is 2. The number of methoxy groups -OCH3 is 2. The maximum absolute atomic E-state index is 13.8. The van der Waals surface area contributed by atoms with Crippen LogP contribution < -0.4 is 20.3 Å². The number of carbonyl (C=O) groups is 1. The Morgan fingerprint density at radius 3 is 2.61 bits per heavy atom. The summed E-state index contributed by atoms with van der Waals surface area (Å²) in [5, 5.41) is 4.62. The van der Waals surface area contributed by atoms with Gasteiger partial charge in [-0.3, -0.25) is 14.2 Å². The molecule has 2 aromatic carbocycles. The lowest BCUT2D eigenvalue weighted by Crippen LogP contribution is -2.23. The van der Waals surface area contributed by atoms with Crippen molar-refractivity contribution in [3.05, 3.63) is 68.3 Å². The fourth-order valence-corrected chi connectivity index (χ4v) is 6.58. The number of rotatable bonds is 7. The SMILES string of the molecule is COc1ccc(NC(=O)CSc2nc3sc4c(c3c(=O)n2-c2ccc(Cl)cc2)CCCC4)cc1OC. The molecule has 2 heterocycles. The van der Waals surface area contributed by atoms with Gasteiger partial charge < -0.3 is 14.8 Å². The Labute approximate surface area is 221 Å². The van der Waals surface area contributed by atoms with Gasteiger partial charge in [-0.1, -0.05) is 23.4 Å². The largest absolute Gasteiger partial charge is 0.493 e. The molecule has 0 saturated heterocycles. The Kier molecular flexibility index (Phi) is 7.22. The molecular weight excluding hydrogens is 518 g/mol. The first-order valence-electron chi connectivity index (χ1n) is 11.5. The summed E-state index contributed by atoms with van der Waals surface area (Å²) in [4.78, 5) is 33.4. The van der Waals surface area contributed by atoms with Crippen LogP contribution in [0.3, 0.4) is 0 Å². The number of nitrogens with zero attached hydrogens (tertiary/aromatic N) is 2. The van der Waals surface area contributed by atoms with Crippen molar-refractivity contribution in [2.45, 2.75) is 30.8 Å². The summed E-state index contributed by atoms with van der Waals surface area (Å²) in [5.41, 5.74) is 2.27. The molecule has 0 radical (unpaired) electrons. The van der Waals surface area contributed by atoms with Crippen molar-refractivity contribution >= 4 is 56.5 Å². The standard InChI is InChI=1S/C26H24ClN3O4S2/c1-33-19-12-9-16(13-20(19)34-2)28-22(31)14-35-26-29-24-23(18-5-3-4-6-21(18)36-24)25(32)30(26)17-10-7-15(27)8-11-17/h7-13H,3-6,14H2,1-2H3,(H,28,31). The first-order chi connectivity index (χ1) is 17.5. The van der Waals surface area contributed by atoms with E-state index >= 15 is 0 Å². The lowest BCUT2D eigenvalue weighted by molar-refractivity contribution is -0.113. The maximum atomic E-state index is 13.8. The summed E-state index contributed by atoms with van der Waals surface area (Å²) < 4.78 is 12.2. The summed E-state index contributed by atoms with van der Waals surface area (Å²) in [7, 11) is 3.10. The normalized spacial score (nSPS) is 12.9. The van der Waals surface area contributed by atoms with E-state index in [0.717, 1.165) is 36.1 Å². The van der Waals surface area contributed by atoms with E-state index in [1.54, 1.807) is 72.6 Å². The van der Waals surface area contributed by atoms with Crippen LogP contribution in [0.25, 0.3) is 15.9 Å². The Bertz CT molecular complexity index is 1500. The number of amides is 1. The van der Waals surface area contributed by atoms with E-state index < -0.39 is 0 Å². The van der Waals surface area contributed by atoms with Crippen molar-refractivity contribution in [1.82, 2.24) is 9.55 Å². The molecule has 0 spiro atoms. The fourth-order valence-electron chi connectivity index (χ4n) is 4.34. The van der Waals surface area contributed by atoms with E-state index in [0.29, 0.717) is 38.4 Å². The topological polar surface area (TPSA) is 82.5 Å². The number of hydrogen-bond acceptors (Lipinski definition) is 7. The zero-order chi connectivity index (χ0) is 25.2. The first-order valence-corrected chi connectivity index (χ1v) is 13.6. The van der Waals surface area contributed by atoms with Gasteiger partial charge in [-0.15, -0.1) is 11.3 Å². The zero-order valence-corrected chi connectivity index (χ0v) is 22.2. The zero-order valence-electron chi connectivity index (χ0n) is 19.8. The smallest absolute Gasteiger partial charge is 0.267 e. The van der Waals surface area contributed by atoms with Gasteiger partial charge in [0.05, 0.1) is 31.0 Å². The van der Waals surface area contributed by atoms with Crippen molar-refractivity contribution in [2.24, 2.45) is 0 Å². The molecule has 2 aromatic heterocycles. The van der Waals surface area contributed by atoms with Crippen LogP contribution in [0.2, 0.25) is 5.02 Å². The van der Waals surface area contributed by atoms with Crippen LogP contribution in [-0.2, 0) is 17.6 Å². The van der Waals surface area contributed by atoms with Gasteiger partial charge in [0.2, 0.25) is 5.91 Å². The highest BCUT2D eigenvalue weighted by Gasteiger charge is 2.23. The Hall–Kier alpha value is -3.01. The summed E-state index contributed by atoms with van der Waals surface area (Å²) in [6.45, 7) is 0. The molecule has 10 heteroatoms. The van der Waals surface area contributed by atoms with Crippen LogP contribution >= 0.6 is 34.7 Å². The summed E-state index contributed by atoms with van der Waals surface area (Å²) in [6.07, 6.45) is 4.08. The quantitative estimate of drug-likeness (QED) is 0.238. The van der Waals surface area contributed by atoms with E-state index in [4.69, 9.17) is 26.1 Å². The third-order valence-electron chi connectivity index (χ3n) is 6.04. The lowest BCUT2D eigenvalue weighted by atomic mass is 9.97. The Morgan fingerprint density at radius 1 is 1.11 bits per heavy atom. The van der Waals surface area contributed by atoms with Crippen LogP contribution in [0.15, 0.2) is 52.4 Å². The number of fused-ring (bicyclic) bond motifs is 3. The number of thioether (sulfide) groups is 1. The van der Waals surface area contributed by atoms with Gasteiger partial charge in [-0.2, -0.15) is 0 Å². The molecule has 0 unspecified atom stereocenters. The molecule has 186 valence electrons. The molecule has 1 aliphatic rings. The molecule has 0 fully saturated rings.